The van der Waals surface area contributed by atoms with E-state index in [0.717, 1.165) is 15.3 Å². The number of aromatic nitrogens is 2. The first-order valence-electron chi connectivity index (χ1n) is 7.78. The maximum absolute atomic E-state index is 12.7. The summed E-state index contributed by atoms with van der Waals surface area (Å²) in [6.45, 7) is -0.128. The number of carbonyl (C=O) groups is 2. The van der Waals surface area contributed by atoms with Crippen molar-refractivity contribution in [3.8, 4) is 0 Å². The van der Waals surface area contributed by atoms with E-state index < -0.39 is 0 Å². The Morgan fingerprint density at radius 1 is 1.30 bits per heavy atom. The van der Waals surface area contributed by atoms with Gasteiger partial charge in [0, 0.05) is 18.6 Å². The summed E-state index contributed by atoms with van der Waals surface area (Å²) in [5.74, 6) is -0.633. The van der Waals surface area contributed by atoms with E-state index in [1.807, 2.05) is 16.0 Å². The molecule has 0 saturated heterocycles. The fourth-order valence-corrected chi connectivity index (χ4v) is 4.91. The van der Waals surface area contributed by atoms with Gasteiger partial charge in [0.2, 0.25) is 5.91 Å². The van der Waals surface area contributed by atoms with Gasteiger partial charge in [-0.1, -0.05) is 29.3 Å². The summed E-state index contributed by atoms with van der Waals surface area (Å²) in [7, 11) is 1.57. The smallest absolute Gasteiger partial charge is 0.264 e. The number of thiazole rings is 1. The fraction of sp³-hybridized carbons (Fsp3) is 0.118. The lowest BCUT2D eigenvalue weighted by Gasteiger charge is -2.16. The van der Waals surface area contributed by atoms with Crippen molar-refractivity contribution in [3.05, 3.63) is 50.8 Å². The van der Waals surface area contributed by atoms with Crippen LogP contribution in [0, 0.1) is 0 Å². The van der Waals surface area contributed by atoms with Crippen molar-refractivity contribution in [2.75, 3.05) is 18.9 Å². The number of thiophene rings is 1. The molecule has 1 N–H and O–H groups in total. The highest BCUT2D eigenvalue weighted by molar-refractivity contribution is 7.21. The summed E-state index contributed by atoms with van der Waals surface area (Å²) in [6.07, 6.45) is 1.92. The normalized spacial score (nSPS) is 11.2. The summed E-state index contributed by atoms with van der Waals surface area (Å²) in [5, 5.41) is 5.27. The topological polar surface area (TPSA) is 66.7 Å². The molecule has 4 rings (SSSR count). The highest BCUT2D eigenvalue weighted by Gasteiger charge is 2.20. The van der Waals surface area contributed by atoms with Crippen LogP contribution in [0.2, 0.25) is 10.0 Å². The molecule has 0 spiro atoms. The minimum atomic E-state index is -0.385. The van der Waals surface area contributed by atoms with Gasteiger partial charge in [-0.15, -0.1) is 22.7 Å². The Labute approximate surface area is 171 Å². The molecule has 0 aliphatic rings. The molecule has 0 fully saturated rings. The second kappa shape index (κ2) is 7.12. The third kappa shape index (κ3) is 3.41. The number of amides is 2. The SMILES string of the molecule is CN(CC(=O)Nc1c(Cl)cccc1Cl)C(=O)c1cc2c(nc3sccn32)s1. The van der Waals surface area contributed by atoms with E-state index in [1.165, 1.54) is 27.6 Å². The average Bonchev–Trinajstić information content (AvgIpc) is 3.29. The Balaban J connectivity index is 1.48. The standard InChI is InChI=1S/C17H12Cl2N4O2S2/c1-22(8-13(24)20-14-9(18)3-2-4-10(14)19)16(25)12-7-11-15(27-12)21-17-23(11)5-6-26-17/h2-7H,8H2,1H3,(H,20,24). The van der Waals surface area contributed by atoms with E-state index >= 15 is 0 Å². The van der Waals surface area contributed by atoms with E-state index in [1.54, 1.807) is 31.3 Å². The lowest BCUT2D eigenvalue weighted by molar-refractivity contribution is -0.116. The molecule has 4 aromatic rings. The molecule has 2 amide bonds. The van der Waals surface area contributed by atoms with Crippen LogP contribution in [0.15, 0.2) is 35.8 Å². The molecule has 0 aliphatic heterocycles. The molecule has 27 heavy (non-hydrogen) atoms. The van der Waals surface area contributed by atoms with Gasteiger partial charge >= 0.3 is 0 Å². The van der Waals surface area contributed by atoms with Gasteiger partial charge in [0.15, 0.2) is 4.96 Å². The summed E-state index contributed by atoms with van der Waals surface area (Å²) in [5.41, 5.74) is 1.22. The fourth-order valence-electron chi connectivity index (χ4n) is 2.62. The first-order valence-corrected chi connectivity index (χ1v) is 10.2. The lowest BCUT2D eigenvalue weighted by atomic mass is 10.3. The third-order valence-corrected chi connectivity index (χ3v) is 6.30. The number of fused-ring (bicyclic) bond motifs is 3. The zero-order chi connectivity index (χ0) is 19.1. The number of imidazole rings is 1. The van der Waals surface area contributed by atoms with Crippen LogP contribution < -0.4 is 5.32 Å². The number of carbonyl (C=O) groups excluding carboxylic acids is 2. The summed E-state index contributed by atoms with van der Waals surface area (Å²) >= 11 is 15.0. The maximum Gasteiger partial charge on any atom is 0.264 e. The number of hydrogen-bond acceptors (Lipinski definition) is 5. The Morgan fingerprint density at radius 3 is 2.78 bits per heavy atom. The molecule has 6 nitrogen and oxygen atoms in total. The van der Waals surface area contributed by atoms with Gasteiger partial charge in [0.1, 0.15) is 4.83 Å². The van der Waals surface area contributed by atoms with Crippen molar-refractivity contribution in [2.24, 2.45) is 0 Å². The van der Waals surface area contributed by atoms with Gasteiger partial charge in [-0.05, 0) is 18.2 Å². The van der Waals surface area contributed by atoms with Crippen molar-refractivity contribution in [2.45, 2.75) is 0 Å². The number of halogens is 2. The number of likely N-dealkylation sites (N-methyl/N-ethyl adjacent to an activating group) is 1. The quantitative estimate of drug-likeness (QED) is 0.504. The molecular formula is C17H12Cl2N4O2S2. The van der Waals surface area contributed by atoms with Crippen molar-refractivity contribution in [3.63, 3.8) is 0 Å². The van der Waals surface area contributed by atoms with Crippen LogP contribution >= 0.6 is 45.9 Å². The van der Waals surface area contributed by atoms with E-state index in [-0.39, 0.29) is 18.4 Å². The molecule has 0 radical (unpaired) electrons. The Bertz CT molecular complexity index is 1160. The Hall–Kier alpha value is -2.13. The van der Waals surface area contributed by atoms with Crippen LogP contribution in [0.3, 0.4) is 0 Å². The van der Waals surface area contributed by atoms with Gasteiger partial charge in [-0.2, -0.15) is 0 Å². The number of hydrogen-bond donors (Lipinski definition) is 1. The molecule has 0 saturated carbocycles. The van der Waals surface area contributed by atoms with Crippen LogP contribution in [0.1, 0.15) is 9.67 Å². The minimum Gasteiger partial charge on any atom is -0.332 e. The second-order valence-electron chi connectivity index (χ2n) is 5.77. The number of para-hydroxylation sites is 1. The second-order valence-corrected chi connectivity index (χ2v) is 8.49. The zero-order valence-corrected chi connectivity index (χ0v) is 17.0. The number of rotatable bonds is 4. The predicted molar refractivity (Wildman–Crippen MR) is 111 cm³/mol. The first kappa shape index (κ1) is 18.2. The van der Waals surface area contributed by atoms with E-state index in [9.17, 15) is 9.59 Å². The van der Waals surface area contributed by atoms with Crippen molar-refractivity contribution in [1.82, 2.24) is 14.3 Å². The largest absolute Gasteiger partial charge is 0.332 e. The first-order chi connectivity index (χ1) is 12.9. The highest BCUT2D eigenvalue weighted by atomic mass is 35.5. The van der Waals surface area contributed by atoms with E-state index in [4.69, 9.17) is 23.2 Å². The Morgan fingerprint density at radius 2 is 2.04 bits per heavy atom. The van der Waals surface area contributed by atoms with Crippen LogP contribution in [-0.2, 0) is 4.79 Å². The predicted octanol–water partition coefficient (Wildman–Crippen LogP) is 4.63. The molecule has 0 aliphatic carbocycles. The van der Waals surface area contributed by atoms with Gasteiger partial charge in [-0.25, -0.2) is 4.98 Å². The number of nitrogens with zero attached hydrogens (tertiary/aromatic N) is 3. The van der Waals surface area contributed by atoms with Gasteiger partial charge in [0.05, 0.1) is 32.7 Å². The number of benzene rings is 1. The summed E-state index contributed by atoms with van der Waals surface area (Å²) < 4.78 is 1.94. The summed E-state index contributed by atoms with van der Waals surface area (Å²) in [4.78, 5) is 33.0. The summed E-state index contributed by atoms with van der Waals surface area (Å²) in [6, 6.07) is 6.75. The Kier molecular flexibility index (Phi) is 4.81. The van der Waals surface area contributed by atoms with Crippen LogP contribution in [0.25, 0.3) is 15.3 Å². The van der Waals surface area contributed by atoms with E-state index in [2.05, 4.69) is 10.3 Å². The van der Waals surface area contributed by atoms with Gasteiger partial charge in [0.25, 0.3) is 5.91 Å². The van der Waals surface area contributed by atoms with Crippen LogP contribution in [0.5, 0.6) is 0 Å². The molecule has 0 unspecified atom stereocenters. The zero-order valence-electron chi connectivity index (χ0n) is 13.9. The minimum absolute atomic E-state index is 0.128. The average molecular weight is 439 g/mol. The number of nitrogens with one attached hydrogen (secondary N) is 1. The van der Waals surface area contributed by atoms with Crippen LogP contribution in [0.4, 0.5) is 5.69 Å². The molecule has 0 bridgehead atoms. The molecule has 3 aromatic heterocycles. The molecule has 0 atom stereocenters. The monoisotopic (exact) mass is 438 g/mol. The molecular weight excluding hydrogens is 427 g/mol. The van der Waals surface area contributed by atoms with Crippen molar-refractivity contribution >= 4 is 78.7 Å². The third-order valence-electron chi connectivity index (χ3n) is 3.91. The lowest BCUT2D eigenvalue weighted by Crippen LogP contribution is -2.34. The molecule has 1 aromatic carbocycles. The maximum atomic E-state index is 12.7. The molecule has 138 valence electrons. The van der Waals surface area contributed by atoms with Crippen molar-refractivity contribution in [1.29, 1.82) is 0 Å². The van der Waals surface area contributed by atoms with Gasteiger partial charge in [-0.3, -0.25) is 14.0 Å². The van der Waals surface area contributed by atoms with Crippen molar-refractivity contribution < 1.29 is 9.59 Å². The molecule has 10 heteroatoms. The van der Waals surface area contributed by atoms with Crippen LogP contribution in [-0.4, -0.2) is 39.7 Å². The molecule has 3 heterocycles. The van der Waals surface area contributed by atoms with E-state index in [0.29, 0.717) is 20.6 Å². The number of anilines is 1. The van der Waals surface area contributed by atoms with Gasteiger partial charge < -0.3 is 10.2 Å². The highest BCUT2D eigenvalue weighted by Crippen LogP contribution is 2.30.